The predicted octanol–water partition coefficient (Wildman–Crippen LogP) is 3.67. The summed E-state index contributed by atoms with van der Waals surface area (Å²) in [6.07, 6.45) is 0.486. The van der Waals surface area contributed by atoms with Crippen molar-refractivity contribution in [2.24, 2.45) is 5.73 Å². The molecule has 0 spiro atoms. The molecule has 7 heteroatoms. The van der Waals surface area contributed by atoms with E-state index in [1.165, 1.54) is 16.7 Å². The number of hydrogen-bond acceptors (Lipinski definition) is 4. The molecule has 27 heavy (non-hydrogen) atoms. The average Bonchev–Trinajstić information content (AvgIpc) is 2.94. The van der Waals surface area contributed by atoms with Gasteiger partial charge in [0, 0.05) is 10.2 Å². The number of anilines is 1. The summed E-state index contributed by atoms with van der Waals surface area (Å²) in [6.45, 7) is 1.95. The van der Waals surface area contributed by atoms with Crippen molar-refractivity contribution >= 4 is 45.2 Å². The van der Waals surface area contributed by atoms with Crippen LogP contribution >= 0.6 is 27.7 Å². The van der Waals surface area contributed by atoms with Crippen molar-refractivity contribution in [1.82, 2.24) is 0 Å². The number of halogens is 1. The van der Waals surface area contributed by atoms with Crippen molar-refractivity contribution in [3.05, 3.63) is 74.7 Å². The van der Waals surface area contributed by atoms with Crippen LogP contribution in [0.5, 0.6) is 0 Å². The van der Waals surface area contributed by atoms with Gasteiger partial charge in [-0.1, -0.05) is 57.5 Å². The van der Waals surface area contributed by atoms with Gasteiger partial charge in [0.25, 0.3) is 5.91 Å². The fraction of sp³-hybridized carbons (Fsp3) is 0.150. The molecule has 1 saturated heterocycles. The SMILES string of the molecule is Cc1ccc(N2C(=O)[C@@H](Cc3ccc(Br)cc3)S/C2=C(\C#N)C(N)=O)cc1. The number of nitrogens with zero attached hydrogens (tertiary/aromatic N) is 2. The summed E-state index contributed by atoms with van der Waals surface area (Å²) in [5.41, 5.74) is 7.82. The van der Waals surface area contributed by atoms with E-state index in [4.69, 9.17) is 5.73 Å². The Hall–Kier alpha value is -2.56. The van der Waals surface area contributed by atoms with Gasteiger partial charge >= 0.3 is 0 Å². The van der Waals surface area contributed by atoms with Gasteiger partial charge in [0.2, 0.25) is 5.91 Å². The van der Waals surface area contributed by atoms with Gasteiger partial charge < -0.3 is 5.73 Å². The van der Waals surface area contributed by atoms with Gasteiger partial charge in [-0.15, -0.1) is 0 Å². The molecule has 2 aromatic rings. The van der Waals surface area contributed by atoms with Crippen LogP contribution in [0.25, 0.3) is 0 Å². The second-order valence-electron chi connectivity index (χ2n) is 6.10. The van der Waals surface area contributed by atoms with E-state index in [-0.39, 0.29) is 11.5 Å². The van der Waals surface area contributed by atoms with E-state index in [0.29, 0.717) is 17.1 Å². The molecule has 0 aromatic heterocycles. The normalized spacial score (nSPS) is 18.3. The first kappa shape index (κ1) is 19.2. The molecule has 0 unspecified atom stereocenters. The second kappa shape index (κ2) is 7.99. The summed E-state index contributed by atoms with van der Waals surface area (Å²) >= 11 is 4.60. The van der Waals surface area contributed by atoms with Crippen molar-refractivity contribution in [1.29, 1.82) is 5.26 Å². The number of thioether (sulfide) groups is 1. The third-order valence-corrected chi connectivity index (χ3v) is 5.94. The summed E-state index contributed by atoms with van der Waals surface area (Å²) in [4.78, 5) is 26.3. The van der Waals surface area contributed by atoms with Gasteiger partial charge in [0.15, 0.2) is 0 Å². The van der Waals surface area contributed by atoms with Gasteiger partial charge in [-0.25, -0.2) is 0 Å². The minimum absolute atomic E-state index is 0.171. The molecule has 1 heterocycles. The zero-order valence-electron chi connectivity index (χ0n) is 14.5. The number of rotatable bonds is 4. The van der Waals surface area contributed by atoms with E-state index >= 15 is 0 Å². The van der Waals surface area contributed by atoms with Crippen LogP contribution in [0, 0.1) is 18.3 Å². The minimum atomic E-state index is -0.839. The number of carbonyl (C=O) groups is 2. The molecule has 2 aromatic carbocycles. The van der Waals surface area contributed by atoms with Crippen molar-refractivity contribution in [2.45, 2.75) is 18.6 Å². The minimum Gasteiger partial charge on any atom is -0.365 e. The molecule has 136 valence electrons. The molecule has 3 rings (SSSR count). The van der Waals surface area contributed by atoms with Gasteiger partial charge in [-0.05, 0) is 43.2 Å². The Bertz CT molecular complexity index is 962. The van der Waals surface area contributed by atoms with Crippen LogP contribution in [-0.4, -0.2) is 17.1 Å². The molecule has 2 N–H and O–H groups in total. The number of nitrogens with two attached hydrogens (primary N) is 1. The fourth-order valence-corrected chi connectivity index (χ4v) is 4.34. The number of nitriles is 1. The standard InChI is InChI=1S/C20H16BrN3O2S/c1-12-2-8-15(9-3-12)24-19(26)17(10-13-4-6-14(21)7-5-13)27-20(24)16(11-22)18(23)25/h2-9,17H,10H2,1H3,(H2,23,25)/b20-16+/t17-/m1/s1. The van der Waals surface area contributed by atoms with Gasteiger partial charge in [0.05, 0.1) is 5.25 Å². The molecule has 0 saturated carbocycles. The Labute approximate surface area is 170 Å². The van der Waals surface area contributed by atoms with Crippen LogP contribution < -0.4 is 10.6 Å². The van der Waals surface area contributed by atoms with Gasteiger partial charge in [0.1, 0.15) is 16.7 Å². The lowest BCUT2D eigenvalue weighted by molar-refractivity contribution is -0.117. The summed E-state index contributed by atoms with van der Waals surface area (Å²) in [5.74, 6) is -1.01. The fourth-order valence-electron chi connectivity index (χ4n) is 2.76. The van der Waals surface area contributed by atoms with E-state index in [2.05, 4.69) is 15.9 Å². The molecule has 0 radical (unpaired) electrons. The lowest BCUT2D eigenvalue weighted by atomic mass is 10.1. The number of amides is 2. The molecule has 1 aliphatic rings. The van der Waals surface area contributed by atoms with Crippen LogP contribution in [0.2, 0.25) is 0 Å². The molecule has 2 amide bonds. The zero-order valence-corrected chi connectivity index (χ0v) is 16.9. The summed E-state index contributed by atoms with van der Waals surface area (Å²) in [7, 11) is 0. The predicted molar refractivity (Wildman–Crippen MR) is 110 cm³/mol. The summed E-state index contributed by atoms with van der Waals surface area (Å²) in [5, 5.41) is 9.25. The maximum Gasteiger partial charge on any atom is 0.262 e. The Kier molecular flexibility index (Phi) is 5.68. The van der Waals surface area contributed by atoms with Crippen molar-refractivity contribution < 1.29 is 9.59 Å². The maximum atomic E-state index is 13.1. The molecule has 1 fully saturated rings. The quantitative estimate of drug-likeness (QED) is 0.578. The van der Waals surface area contributed by atoms with Gasteiger partial charge in [-0.3, -0.25) is 14.5 Å². The van der Waals surface area contributed by atoms with E-state index in [1.54, 1.807) is 12.1 Å². The highest BCUT2D eigenvalue weighted by molar-refractivity contribution is 9.10. The Morgan fingerprint density at radius 2 is 1.85 bits per heavy atom. The van der Waals surface area contributed by atoms with E-state index in [0.717, 1.165) is 15.6 Å². The molecule has 0 aliphatic carbocycles. The Morgan fingerprint density at radius 1 is 1.22 bits per heavy atom. The van der Waals surface area contributed by atoms with Crippen LogP contribution in [-0.2, 0) is 16.0 Å². The molecule has 5 nitrogen and oxygen atoms in total. The molecular weight excluding hydrogens is 426 g/mol. The average molecular weight is 442 g/mol. The maximum absolute atomic E-state index is 13.1. The first-order valence-electron chi connectivity index (χ1n) is 8.16. The number of primary amides is 1. The van der Waals surface area contributed by atoms with Crippen molar-refractivity contribution in [3.63, 3.8) is 0 Å². The third-order valence-electron chi connectivity index (χ3n) is 4.15. The Balaban J connectivity index is 2.01. The molecular formula is C20H16BrN3O2S. The number of hydrogen-bond donors (Lipinski definition) is 1. The summed E-state index contributed by atoms with van der Waals surface area (Å²) < 4.78 is 0.957. The lowest BCUT2D eigenvalue weighted by Gasteiger charge is -2.18. The number of benzene rings is 2. The highest BCUT2D eigenvalue weighted by atomic mass is 79.9. The van der Waals surface area contributed by atoms with Crippen molar-refractivity contribution in [3.8, 4) is 6.07 Å². The first-order valence-corrected chi connectivity index (χ1v) is 9.84. The van der Waals surface area contributed by atoms with E-state index < -0.39 is 11.2 Å². The monoisotopic (exact) mass is 441 g/mol. The largest absolute Gasteiger partial charge is 0.365 e. The van der Waals surface area contributed by atoms with Crippen LogP contribution in [0.1, 0.15) is 11.1 Å². The zero-order chi connectivity index (χ0) is 19.6. The first-order chi connectivity index (χ1) is 12.9. The van der Waals surface area contributed by atoms with E-state index in [1.807, 2.05) is 49.4 Å². The molecule has 1 atom stereocenters. The number of carbonyl (C=O) groups excluding carboxylic acids is 2. The summed E-state index contributed by atoms with van der Waals surface area (Å²) in [6, 6.07) is 16.9. The highest BCUT2D eigenvalue weighted by Crippen LogP contribution is 2.41. The highest BCUT2D eigenvalue weighted by Gasteiger charge is 2.40. The molecule has 0 bridgehead atoms. The lowest BCUT2D eigenvalue weighted by Crippen LogP contribution is -2.31. The van der Waals surface area contributed by atoms with Crippen LogP contribution in [0.4, 0.5) is 5.69 Å². The van der Waals surface area contributed by atoms with Crippen LogP contribution in [0.15, 0.2) is 63.6 Å². The Morgan fingerprint density at radius 3 is 2.41 bits per heavy atom. The third kappa shape index (κ3) is 4.07. The van der Waals surface area contributed by atoms with Gasteiger partial charge in [-0.2, -0.15) is 5.26 Å². The van der Waals surface area contributed by atoms with Crippen molar-refractivity contribution in [2.75, 3.05) is 4.90 Å². The smallest absolute Gasteiger partial charge is 0.262 e. The topological polar surface area (TPSA) is 87.2 Å². The van der Waals surface area contributed by atoms with E-state index in [9.17, 15) is 14.9 Å². The number of aryl methyl sites for hydroxylation is 1. The molecule has 1 aliphatic heterocycles. The second-order valence-corrected chi connectivity index (χ2v) is 8.21. The van der Waals surface area contributed by atoms with Crippen LogP contribution in [0.3, 0.4) is 0 Å².